The highest BCUT2D eigenvalue weighted by atomic mass is 16.5. The Bertz CT molecular complexity index is 949. The van der Waals surface area contributed by atoms with E-state index in [4.69, 9.17) is 9.47 Å². The SMILES string of the molecule is COc1cc(C(=O)NCC2(c3cccc(C)c3)CCCC2)ccc1OCC(=O)NC(C)C. The van der Waals surface area contributed by atoms with Crippen LogP contribution in [-0.2, 0) is 10.2 Å². The summed E-state index contributed by atoms with van der Waals surface area (Å²) in [6.45, 7) is 6.37. The first-order valence-corrected chi connectivity index (χ1v) is 11.3. The molecule has 0 spiro atoms. The van der Waals surface area contributed by atoms with Crippen LogP contribution in [-0.4, -0.2) is 38.1 Å². The fraction of sp³-hybridized carbons (Fsp3) is 0.462. The van der Waals surface area contributed by atoms with Gasteiger partial charge in [0.15, 0.2) is 18.1 Å². The van der Waals surface area contributed by atoms with Crippen LogP contribution in [0.5, 0.6) is 11.5 Å². The Labute approximate surface area is 190 Å². The van der Waals surface area contributed by atoms with Gasteiger partial charge in [0, 0.05) is 23.6 Å². The molecule has 0 atom stereocenters. The summed E-state index contributed by atoms with van der Waals surface area (Å²) in [4.78, 5) is 24.8. The van der Waals surface area contributed by atoms with Crippen molar-refractivity contribution in [2.45, 2.75) is 57.9 Å². The molecule has 2 amide bonds. The van der Waals surface area contributed by atoms with Crippen molar-refractivity contribution in [1.82, 2.24) is 10.6 Å². The third-order valence-corrected chi connectivity index (χ3v) is 6.01. The first-order valence-electron chi connectivity index (χ1n) is 11.3. The normalized spacial score (nSPS) is 14.8. The molecule has 3 rings (SSSR count). The summed E-state index contributed by atoms with van der Waals surface area (Å²) < 4.78 is 11.0. The van der Waals surface area contributed by atoms with Gasteiger partial charge in [-0.05, 0) is 57.4 Å². The second kappa shape index (κ2) is 10.5. The number of carbonyl (C=O) groups excluding carboxylic acids is 2. The van der Waals surface area contributed by atoms with Crippen LogP contribution in [0, 0.1) is 6.92 Å². The van der Waals surface area contributed by atoms with Gasteiger partial charge in [0.05, 0.1) is 7.11 Å². The second-order valence-corrected chi connectivity index (χ2v) is 8.92. The molecule has 1 aliphatic rings. The maximum Gasteiger partial charge on any atom is 0.258 e. The van der Waals surface area contributed by atoms with E-state index in [9.17, 15) is 9.59 Å². The summed E-state index contributed by atoms with van der Waals surface area (Å²) in [5.74, 6) is 0.493. The highest BCUT2D eigenvalue weighted by Gasteiger charge is 2.36. The maximum absolute atomic E-state index is 12.9. The minimum absolute atomic E-state index is 0.0153. The topological polar surface area (TPSA) is 76.7 Å². The lowest BCUT2D eigenvalue weighted by Crippen LogP contribution is -2.39. The van der Waals surface area contributed by atoms with E-state index >= 15 is 0 Å². The van der Waals surface area contributed by atoms with E-state index in [2.05, 4.69) is 41.8 Å². The van der Waals surface area contributed by atoms with E-state index < -0.39 is 0 Å². The summed E-state index contributed by atoms with van der Waals surface area (Å²) >= 11 is 0. The molecule has 1 fully saturated rings. The molecular weight excluding hydrogens is 404 g/mol. The fourth-order valence-electron chi connectivity index (χ4n) is 4.38. The van der Waals surface area contributed by atoms with Gasteiger partial charge in [-0.15, -0.1) is 0 Å². The van der Waals surface area contributed by atoms with Crippen molar-refractivity contribution in [2.24, 2.45) is 0 Å². The number of rotatable bonds is 9. The number of hydrogen-bond donors (Lipinski definition) is 2. The summed E-state index contributed by atoms with van der Waals surface area (Å²) in [5, 5.41) is 5.92. The molecule has 0 bridgehead atoms. The fourth-order valence-corrected chi connectivity index (χ4v) is 4.38. The highest BCUT2D eigenvalue weighted by Crippen LogP contribution is 2.41. The van der Waals surface area contributed by atoms with E-state index in [0.717, 1.165) is 12.8 Å². The molecule has 2 aromatic rings. The Balaban J connectivity index is 1.67. The molecule has 0 radical (unpaired) electrons. The second-order valence-electron chi connectivity index (χ2n) is 8.92. The Morgan fingerprint density at radius 1 is 1.06 bits per heavy atom. The number of methoxy groups -OCH3 is 1. The Kier molecular flexibility index (Phi) is 7.78. The van der Waals surface area contributed by atoms with Gasteiger partial charge >= 0.3 is 0 Å². The largest absolute Gasteiger partial charge is 0.493 e. The summed E-state index contributed by atoms with van der Waals surface area (Å²) in [5.41, 5.74) is 3.02. The van der Waals surface area contributed by atoms with Gasteiger partial charge in [-0.3, -0.25) is 9.59 Å². The lowest BCUT2D eigenvalue weighted by Gasteiger charge is -2.30. The molecule has 0 saturated heterocycles. The van der Waals surface area contributed by atoms with Crippen LogP contribution in [0.3, 0.4) is 0 Å². The molecule has 0 aromatic heterocycles. The third-order valence-electron chi connectivity index (χ3n) is 6.01. The van der Waals surface area contributed by atoms with E-state index in [1.165, 1.54) is 31.1 Å². The van der Waals surface area contributed by atoms with Gasteiger partial charge in [-0.25, -0.2) is 0 Å². The standard InChI is InChI=1S/C26H34N2O4/c1-18(2)28-24(29)16-32-22-11-10-20(15-23(22)31-4)25(30)27-17-26(12-5-6-13-26)21-9-7-8-19(3)14-21/h7-11,14-15,18H,5-6,12-13,16-17H2,1-4H3,(H,27,30)(H,28,29). The van der Waals surface area contributed by atoms with Crippen molar-refractivity contribution in [3.05, 3.63) is 59.2 Å². The number of aryl methyl sites for hydroxylation is 1. The molecule has 2 aromatic carbocycles. The number of carbonyl (C=O) groups is 2. The zero-order valence-electron chi connectivity index (χ0n) is 19.5. The minimum atomic E-state index is -0.207. The average Bonchev–Trinajstić information content (AvgIpc) is 3.25. The van der Waals surface area contributed by atoms with Gasteiger partial charge in [-0.1, -0.05) is 42.7 Å². The first kappa shape index (κ1) is 23.6. The van der Waals surface area contributed by atoms with Crippen molar-refractivity contribution < 1.29 is 19.1 Å². The van der Waals surface area contributed by atoms with E-state index in [0.29, 0.717) is 23.6 Å². The minimum Gasteiger partial charge on any atom is -0.493 e. The van der Waals surface area contributed by atoms with Crippen molar-refractivity contribution in [3.63, 3.8) is 0 Å². The molecule has 6 heteroatoms. The average molecular weight is 439 g/mol. The first-order chi connectivity index (χ1) is 15.3. The predicted molar refractivity (Wildman–Crippen MR) is 125 cm³/mol. The molecule has 0 aliphatic heterocycles. The number of ether oxygens (including phenoxy) is 2. The smallest absolute Gasteiger partial charge is 0.258 e. The van der Waals surface area contributed by atoms with Gasteiger partial charge in [0.2, 0.25) is 0 Å². The summed E-state index contributed by atoms with van der Waals surface area (Å²) in [7, 11) is 1.52. The van der Waals surface area contributed by atoms with E-state index in [1.54, 1.807) is 18.2 Å². The highest BCUT2D eigenvalue weighted by molar-refractivity contribution is 5.95. The van der Waals surface area contributed by atoms with Crippen LogP contribution >= 0.6 is 0 Å². The van der Waals surface area contributed by atoms with Gasteiger partial charge in [0.25, 0.3) is 11.8 Å². The Hall–Kier alpha value is -3.02. The summed E-state index contributed by atoms with van der Waals surface area (Å²) in [6, 6.07) is 13.7. The van der Waals surface area contributed by atoms with Crippen LogP contribution in [0.1, 0.15) is 61.0 Å². The lowest BCUT2D eigenvalue weighted by atomic mass is 9.78. The zero-order valence-corrected chi connectivity index (χ0v) is 19.5. The monoisotopic (exact) mass is 438 g/mol. The number of nitrogens with one attached hydrogen (secondary N) is 2. The van der Waals surface area contributed by atoms with Crippen molar-refractivity contribution in [3.8, 4) is 11.5 Å². The summed E-state index contributed by atoms with van der Waals surface area (Å²) in [6.07, 6.45) is 4.50. The van der Waals surface area contributed by atoms with Gasteiger partial charge in [0.1, 0.15) is 0 Å². The van der Waals surface area contributed by atoms with E-state index in [-0.39, 0.29) is 29.9 Å². The van der Waals surface area contributed by atoms with Gasteiger partial charge < -0.3 is 20.1 Å². The Morgan fingerprint density at radius 3 is 2.47 bits per heavy atom. The molecule has 0 heterocycles. The predicted octanol–water partition coefficient (Wildman–Crippen LogP) is 4.15. The van der Waals surface area contributed by atoms with Crippen molar-refractivity contribution >= 4 is 11.8 Å². The van der Waals surface area contributed by atoms with Crippen LogP contribution in [0.25, 0.3) is 0 Å². The molecule has 0 unspecified atom stereocenters. The quantitative estimate of drug-likeness (QED) is 0.617. The molecule has 172 valence electrons. The molecule has 6 nitrogen and oxygen atoms in total. The molecule has 1 aliphatic carbocycles. The lowest BCUT2D eigenvalue weighted by molar-refractivity contribution is -0.123. The number of amides is 2. The van der Waals surface area contributed by atoms with Crippen LogP contribution in [0.15, 0.2) is 42.5 Å². The zero-order chi connectivity index (χ0) is 23.1. The molecule has 32 heavy (non-hydrogen) atoms. The van der Waals surface area contributed by atoms with E-state index in [1.807, 2.05) is 13.8 Å². The van der Waals surface area contributed by atoms with Crippen LogP contribution in [0.2, 0.25) is 0 Å². The van der Waals surface area contributed by atoms with Crippen molar-refractivity contribution in [1.29, 1.82) is 0 Å². The number of hydrogen-bond acceptors (Lipinski definition) is 4. The molecule has 1 saturated carbocycles. The molecule has 2 N–H and O–H groups in total. The van der Waals surface area contributed by atoms with Crippen molar-refractivity contribution in [2.75, 3.05) is 20.3 Å². The van der Waals surface area contributed by atoms with Crippen LogP contribution in [0.4, 0.5) is 0 Å². The number of benzene rings is 2. The third kappa shape index (κ3) is 5.81. The van der Waals surface area contributed by atoms with Crippen LogP contribution < -0.4 is 20.1 Å². The molecular formula is C26H34N2O4. The maximum atomic E-state index is 12.9. The van der Waals surface area contributed by atoms with Gasteiger partial charge in [-0.2, -0.15) is 0 Å². The Morgan fingerprint density at radius 2 is 1.81 bits per heavy atom.